The number of aryl methyl sites for hydroxylation is 1. The molecule has 3 aliphatic rings. The molecule has 0 aromatic heterocycles. The lowest BCUT2D eigenvalue weighted by Crippen LogP contribution is -2.52. The Kier molecular flexibility index (Phi) is 6.62. The number of hydrazine groups is 1. The van der Waals surface area contributed by atoms with E-state index in [1.807, 2.05) is 6.92 Å². The maximum absolute atomic E-state index is 13.6. The van der Waals surface area contributed by atoms with E-state index in [-0.39, 0.29) is 37.1 Å². The number of carbonyl (C=O) groups is 4. The number of alkyl halides is 2. The summed E-state index contributed by atoms with van der Waals surface area (Å²) in [6, 6.07) is 11.2. The van der Waals surface area contributed by atoms with Gasteiger partial charge in [-0.15, -0.1) is 0 Å². The van der Waals surface area contributed by atoms with Crippen LogP contribution in [-0.4, -0.2) is 49.7 Å². The highest BCUT2D eigenvalue weighted by Gasteiger charge is 2.67. The summed E-state index contributed by atoms with van der Waals surface area (Å²) in [7, 11) is 0. The second kappa shape index (κ2) is 9.29. The van der Waals surface area contributed by atoms with E-state index in [2.05, 4.69) is 31.9 Å². The van der Waals surface area contributed by atoms with Crippen LogP contribution in [0.3, 0.4) is 0 Å². The van der Waals surface area contributed by atoms with Crippen LogP contribution in [-0.2, 0) is 9.59 Å². The van der Waals surface area contributed by atoms with Crippen molar-refractivity contribution >= 4 is 78.6 Å². The first-order valence-electron chi connectivity index (χ1n) is 11.1. The van der Waals surface area contributed by atoms with Gasteiger partial charge in [0, 0.05) is 20.8 Å². The molecule has 1 aliphatic heterocycles. The molecule has 2 bridgehead atoms. The van der Waals surface area contributed by atoms with Gasteiger partial charge in [-0.05, 0) is 43.4 Å². The van der Waals surface area contributed by atoms with E-state index in [9.17, 15) is 19.2 Å². The molecule has 1 heterocycles. The molecule has 5 rings (SSSR count). The molecule has 3 amide bonds. The fourth-order valence-corrected chi connectivity index (χ4v) is 7.72. The molecule has 6 atom stereocenters. The number of ketones is 1. The Morgan fingerprint density at radius 3 is 2.00 bits per heavy atom. The Bertz CT molecular complexity index is 1220. The predicted molar refractivity (Wildman–Crippen MR) is 139 cm³/mol. The molecule has 6 nitrogen and oxygen atoms in total. The molecule has 0 spiro atoms. The number of carbonyl (C=O) groups excluding carboxylic acids is 4. The molecule has 2 aromatic rings. The Balaban J connectivity index is 1.52. The zero-order chi connectivity index (χ0) is 25.2. The van der Waals surface area contributed by atoms with Crippen molar-refractivity contribution in [3.8, 4) is 0 Å². The van der Waals surface area contributed by atoms with Crippen molar-refractivity contribution in [1.29, 1.82) is 0 Å². The van der Waals surface area contributed by atoms with Crippen molar-refractivity contribution in [3.63, 3.8) is 0 Å². The van der Waals surface area contributed by atoms with Crippen LogP contribution in [0.25, 0.3) is 0 Å². The quantitative estimate of drug-likeness (QED) is 0.252. The van der Waals surface area contributed by atoms with Crippen molar-refractivity contribution in [3.05, 3.63) is 69.2 Å². The minimum atomic E-state index is -0.677. The van der Waals surface area contributed by atoms with E-state index in [4.69, 9.17) is 23.2 Å². The first-order chi connectivity index (χ1) is 16.6. The molecule has 2 saturated carbocycles. The molecular formula is C25H20Br2Cl2N2O4. The van der Waals surface area contributed by atoms with Gasteiger partial charge in [0.15, 0.2) is 5.78 Å². The molecule has 0 radical (unpaired) electrons. The molecule has 10 heteroatoms. The van der Waals surface area contributed by atoms with Gasteiger partial charge < -0.3 is 0 Å². The number of benzene rings is 2. The molecule has 0 unspecified atom stereocenters. The van der Waals surface area contributed by atoms with Gasteiger partial charge in [0.25, 0.3) is 17.7 Å². The number of halogens is 4. The molecule has 1 saturated heterocycles. The summed E-state index contributed by atoms with van der Waals surface area (Å²) in [5.74, 6) is -3.05. The fraction of sp³-hybridized carbons (Fsp3) is 0.360. The van der Waals surface area contributed by atoms with Gasteiger partial charge in [-0.25, -0.2) is 5.01 Å². The lowest BCUT2D eigenvalue weighted by atomic mass is 9.81. The highest BCUT2D eigenvalue weighted by Crippen LogP contribution is 2.60. The number of hydrogen-bond donors (Lipinski definition) is 0. The topological polar surface area (TPSA) is 74.8 Å². The van der Waals surface area contributed by atoms with Crippen LogP contribution in [0.15, 0.2) is 42.5 Å². The number of amides is 3. The second-order valence-corrected chi connectivity index (χ2v) is 12.2. The molecule has 3 fully saturated rings. The van der Waals surface area contributed by atoms with Crippen molar-refractivity contribution in [2.45, 2.75) is 23.0 Å². The number of nitrogens with zero attached hydrogens (tertiary/aromatic N) is 2. The van der Waals surface area contributed by atoms with E-state index < -0.39 is 41.9 Å². The van der Waals surface area contributed by atoms with Gasteiger partial charge in [0.05, 0.1) is 21.9 Å². The van der Waals surface area contributed by atoms with Gasteiger partial charge >= 0.3 is 0 Å². The SMILES string of the molecule is Cc1ccc(C(=O)CN(C(=O)c2ccc(Cl)c(Cl)c2)N2C(=O)[C@@H]3[C@H]4C[C@@H]([C@H](Br)[C@@H]4Br)[C@@H]3C2=O)cc1. The van der Waals surface area contributed by atoms with Crippen molar-refractivity contribution < 1.29 is 19.2 Å². The van der Waals surface area contributed by atoms with Crippen LogP contribution < -0.4 is 0 Å². The smallest absolute Gasteiger partial charge is 0.273 e. The molecule has 2 aliphatic carbocycles. The normalized spacial score (nSPS) is 29.0. The zero-order valence-corrected chi connectivity index (χ0v) is 23.1. The van der Waals surface area contributed by atoms with Gasteiger partial charge in [0.2, 0.25) is 0 Å². The van der Waals surface area contributed by atoms with Crippen molar-refractivity contribution in [2.75, 3.05) is 6.54 Å². The Labute approximate surface area is 229 Å². The van der Waals surface area contributed by atoms with E-state index >= 15 is 0 Å². The minimum absolute atomic E-state index is 0.0226. The van der Waals surface area contributed by atoms with Crippen LogP contribution in [0.4, 0.5) is 0 Å². The first-order valence-corrected chi connectivity index (χ1v) is 13.7. The highest BCUT2D eigenvalue weighted by molar-refractivity contribution is 9.12. The zero-order valence-electron chi connectivity index (χ0n) is 18.5. The van der Waals surface area contributed by atoms with Crippen molar-refractivity contribution in [1.82, 2.24) is 10.0 Å². The highest BCUT2D eigenvalue weighted by atomic mass is 79.9. The largest absolute Gasteiger partial charge is 0.292 e. The number of imide groups is 1. The monoisotopic (exact) mass is 640 g/mol. The van der Waals surface area contributed by atoms with E-state index in [0.717, 1.165) is 22.0 Å². The number of hydrogen-bond acceptors (Lipinski definition) is 4. The van der Waals surface area contributed by atoms with Gasteiger partial charge in [0.1, 0.15) is 6.54 Å². The van der Waals surface area contributed by atoms with Gasteiger partial charge in [-0.2, -0.15) is 5.01 Å². The van der Waals surface area contributed by atoms with Crippen LogP contribution in [0, 0.1) is 30.6 Å². The summed E-state index contributed by atoms with van der Waals surface area (Å²) < 4.78 is 0. The molecule has 2 aromatic carbocycles. The van der Waals surface area contributed by atoms with Crippen LogP contribution in [0.5, 0.6) is 0 Å². The molecule has 35 heavy (non-hydrogen) atoms. The standard InChI is InChI=1S/C25H20Br2Cl2N2O4/c1-11-2-4-12(5-3-11)18(32)10-30(23(33)13-6-7-16(28)17(29)8-13)31-24(34)19-14-9-15(20(19)25(31)35)22(27)21(14)26/h2-8,14-15,19-22H,9-10H2,1H3/t14-,15-,19-,20+,21-,22+/m1/s1. The van der Waals surface area contributed by atoms with Crippen LogP contribution in [0.1, 0.15) is 32.7 Å². The summed E-state index contributed by atoms with van der Waals surface area (Å²) in [5, 5.41) is 2.28. The van der Waals surface area contributed by atoms with E-state index in [1.165, 1.54) is 18.2 Å². The van der Waals surface area contributed by atoms with Crippen LogP contribution in [0.2, 0.25) is 10.0 Å². The number of Topliss-reactive ketones (excluding diaryl/α,β-unsaturated/α-hetero) is 1. The second-order valence-electron chi connectivity index (χ2n) is 9.27. The predicted octanol–water partition coefficient (Wildman–Crippen LogP) is 5.32. The molecule has 0 N–H and O–H groups in total. The molecule has 182 valence electrons. The fourth-order valence-electron chi connectivity index (χ4n) is 5.55. The molecular weight excluding hydrogens is 623 g/mol. The Morgan fingerprint density at radius 2 is 1.46 bits per heavy atom. The third kappa shape index (κ3) is 4.06. The van der Waals surface area contributed by atoms with E-state index in [1.54, 1.807) is 24.3 Å². The third-order valence-electron chi connectivity index (χ3n) is 7.27. The maximum atomic E-state index is 13.6. The lowest BCUT2D eigenvalue weighted by molar-refractivity contribution is -0.154. The maximum Gasteiger partial charge on any atom is 0.273 e. The Morgan fingerprint density at radius 1 is 0.914 bits per heavy atom. The summed E-state index contributed by atoms with van der Waals surface area (Å²) in [6.45, 7) is 1.43. The summed E-state index contributed by atoms with van der Waals surface area (Å²) in [6.07, 6.45) is 0.759. The third-order valence-corrected chi connectivity index (χ3v) is 11.2. The van der Waals surface area contributed by atoms with Gasteiger partial charge in [-0.1, -0.05) is 84.9 Å². The van der Waals surface area contributed by atoms with Crippen molar-refractivity contribution in [2.24, 2.45) is 23.7 Å². The summed E-state index contributed by atoms with van der Waals surface area (Å²) in [5.41, 5.74) is 1.48. The average Bonchev–Trinajstić information content (AvgIpc) is 3.44. The first kappa shape index (κ1) is 24.9. The summed E-state index contributed by atoms with van der Waals surface area (Å²) >= 11 is 19.5. The number of fused-ring (bicyclic) bond motifs is 5. The van der Waals surface area contributed by atoms with E-state index in [0.29, 0.717) is 5.56 Å². The summed E-state index contributed by atoms with van der Waals surface area (Å²) in [4.78, 5) is 54.2. The minimum Gasteiger partial charge on any atom is -0.292 e. The average molecular weight is 643 g/mol. The van der Waals surface area contributed by atoms with Gasteiger partial charge in [-0.3, -0.25) is 19.2 Å². The lowest BCUT2D eigenvalue weighted by Gasteiger charge is -2.31. The van der Waals surface area contributed by atoms with Crippen LogP contribution >= 0.6 is 55.1 Å². The Hall–Kier alpha value is -1.74. The number of rotatable bonds is 5.